The van der Waals surface area contributed by atoms with Crippen molar-refractivity contribution in [1.82, 2.24) is 0 Å². The molecule has 17 heavy (non-hydrogen) atoms. The van der Waals surface area contributed by atoms with E-state index in [0.29, 0.717) is 0 Å². The number of hydrogen-bond donors (Lipinski definition) is 0. The summed E-state index contributed by atoms with van der Waals surface area (Å²) in [4.78, 5) is 2.27. The average molecular weight is 230 g/mol. The Morgan fingerprint density at radius 1 is 1.29 bits per heavy atom. The van der Waals surface area contributed by atoms with Crippen LogP contribution < -0.4 is 4.90 Å². The van der Waals surface area contributed by atoms with Crippen LogP contribution >= 0.6 is 0 Å². The monoisotopic (exact) mass is 230 g/mol. The first-order valence-electron chi connectivity index (χ1n) is 6.02. The van der Waals surface area contributed by atoms with Gasteiger partial charge in [-0.15, -0.1) is 0 Å². The summed E-state index contributed by atoms with van der Waals surface area (Å²) in [6.07, 6.45) is 0.426. The second kappa shape index (κ2) is 4.77. The van der Waals surface area contributed by atoms with E-state index in [1.807, 2.05) is 12.1 Å². The van der Waals surface area contributed by atoms with Gasteiger partial charge in [-0.25, -0.2) is 0 Å². The number of anilines is 1. The molecule has 1 aromatic rings. The molecule has 3 heteroatoms. The molecule has 0 amide bonds. The summed E-state index contributed by atoms with van der Waals surface area (Å²) in [5.41, 5.74) is 2.98. The van der Waals surface area contributed by atoms with Gasteiger partial charge in [0.1, 0.15) is 6.07 Å². The van der Waals surface area contributed by atoms with E-state index in [1.165, 1.54) is 0 Å². The lowest BCUT2D eigenvalue weighted by Gasteiger charge is -2.38. The highest BCUT2D eigenvalue weighted by Crippen LogP contribution is 2.27. The number of morpholine rings is 1. The van der Waals surface area contributed by atoms with Gasteiger partial charge in [0.05, 0.1) is 23.5 Å². The quantitative estimate of drug-likeness (QED) is 0.743. The Kier molecular flexibility index (Phi) is 3.35. The molecule has 1 aromatic carbocycles. The Morgan fingerprint density at radius 2 is 1.94 bits per heavy atom. The predicted octanol–water partition coefficient (Wildman–Crippen LogP) is 2.48. The number of benzene rings is 1. The molecule has 0 aliphatic carbocycles. The van der Waals surface area contributed by atoms with Crippen LogP contribution in [0.4, 0.5) is 5.69 Å². The summed E-state index contributed by atoms with van der Waals surface area (Å²) < 4.78 is 5.73. The second-order valence-corrected chi connectivity index (χ2v) is 4.75. The average Bonchev–Trinajstić information content (AvgIpc) is 2.27. The maximum atomic E-state index is 9.20. The van der Waals surface area contributed by atoms with Crippen LogP contribution in [-0.2, 0) is 4.74 Å². The van der Waals surface area contributed by atoms with Crippen LogP contribution in [0.1, 0.15) is 25.0 Å². The summed E-state index contributed by atoms with van der Waals surface area (Å²) in [5, 5.41) is 9.20. The topological polar surface area (TPSA) is 36.3 Å². The van der Waals surface area contributed by atoms with Gasteiger partial charge in [0.15, 0.2) is 0 Å². The highest BCUT2D eigenvalue weighted by Gasteiger charge is 2.24. The molecule has 90 valence electrons. The molecule has 0 bridgehead atoms. The fraction of sp³-hybridized carbons (Fsp3) is 0.500. The van der Waals surface area contributed by atoms with Gasteiger partial charge in [0.25, 0.3) is 0 Å². The molecule has 0 saturated carbocycles. The lowest BCUT2D eigenvalue weighted by Crippen LogP contribution is -2.46. The number of nitriles is 1. The predicted molar refractivity (Wildman–Crippen MR) is 68.1 cm³/mol. The van der Waals surface area contributed by atoms with Gasteiger partial charge in [0.2, 0.25) is 0 Å². The zero-order chi connectivity index (χ0) is 12.4. The Hall–Kier alpha value is -1.53. The van der Waals surface area contributed by atoms with Gasteiger partial charge in [-0.3, -0.25) is 0 Å². The van der Waals surface area contributed by atoms with Crippen molar-refractivity contribution in [2.45, 2.75) is 33.0 Å². The number of aryl methyl sites for hydroxylation is 1. The standard InChI is InChI=1S/C14H18N2O/c1-10-5-4-6-13(7-15)14(10)16-8-11(2)17-12(3)9-16/h4-6,11-12H,8-9H2,1-3H3/t11-,12+. The highest BCUT2D eigenvalue weighted by molar-refractivity contribution is 5.64. The fourth-order valence-corrected chi connectivity index (χ4v) is 2.53. The first-order chi connectivity index (χ1) is 8.11. The third-order valence-corrected chi connectivity index (χ3v) is 3.09. The molecule has 0 aromatic heterocycles. The van der Waals surface area contributed by atoms with Crippen molar-refractivity contribution in [3.8, 4) is 6.07 Å². The molecule has 1 heterocycles. The molecule has 2 atom stereocenters. The van der Waals surface area contributed by atoms with Gasteiger partial charge < -0.3 is 9.64 Å². The molecular weight excluding hydrogens is 212 g/mol. The van der Waals surface area contributed by atoms with Crippen molar-refractivity contribution in [2.24, 2.45) is 0 Å². The van der Waals surface area contributed by atoms with Gasteiger partial charge in [-0.2, -0.15) is 5.26 Å². The summed E-state index contributed by atoms with van der Waals surface area (Å²) in [6, 6.07) is 8.15. The van der Waals surface area contributed by atoms with E-state index < -0.39 is 0 Å². The Labute approximate surface area is 103 Å². The van der Waals surface area contributed by atoms with Crippen molar-refractivity contribution in [3.05, 3.63) is 29.3 Å². The SMILES string of the molecule is Cc1cccc(C#N)c1N1C[C@@H](C)O[C@@H](C)C1. The summed E-state index contributed by atoms with van der Waals surface area (Å²) in [7, 11) is 0. The van der Waals surface area contributed by atoms with Crippen molar-refractivity contribution >= 4 is 5.69 Å². The zero-order valence-electron chi connectivity index (χ0n) is 10.6. The highest BCUT2D eigenvalue weighted by atomic mass is 16.5. The first-order valence-corrected chi connectivity index (χ1v) is 6.02. The molecule has 0 unspecified atom stereocenters. The van der Waals surface area contributed by atoms with Gasteiger partial charge >= 0.3 is 0 Å². The van der Waals surface area contributed by atoms with E-state index in [1.54, 1.807) is 0 Å². The number of rotatable bonds is 1. The van der Waals surface area contributed by atoms with Gasteiger partial charge in [-0.05, 0) is 32.4 Å². The Bertz CT molecular complexity index is 440. The van der Waals surface area contributed by atoms with E-state index in [-0.39, 0.29) is 12.2 Å². The zero-order valence-corrected chi connectivity index (χ0v) is 10.6. The minimum atomic E-state index is 0.213. The molecule has 2 rings (SSSR count). The lowest BCUT2D eigenvalue weighted by molar-refractivity contribution is -0.00525. The summed E-state index contributed by atoms with van der Waals surface area (Å²) >= 11 is 0. The molecule has 3 nitrogen and oxygen atoms in total. The third kappa shape index (κ3) is 2.42. The van der Waals surface area contributed by atoms with Crippen molar-refractivity contribution in [1.29, 1.82) is 5.26 Å². The van der Waals surface area contributed by atoms with Gasteiger partial charge in [-0.1, -0.05) is 12.1 Å². The lowest BCUT2D eigenvalue weighted by atomic mass is 10.1. The van der Waals surface area contributed by atoms with E-state index in [9.17, 15) is 5.26 Å². The Morgan fingerprint density at radius 3 is 2.53 bits per heavy atom. The van der Waals surface area contributed by atoms with Gasteiger partial charge in [0, 0.05) is 13.1 Å². The number of nitrogens with zero attached hydrogens (tertiary/aromatic N) is 2. The van der Waals surface area contributed by atoms with Crippen LogP contribution in [0.3, 0.4) is 0 Å². The van der Waals surface area contributed by atoms with Crippen LogP contribution in [0.25, 0.3) is 0 Å². The maximum absolute atomic E-state index is 9.20. The Balaban J connectivity index is 2.36. The first kappa shape index (κ1) is 11.9. The van der Waals surface area contributed by atoms with Crippen LogP contribution in [0.2, 0.25) is 0 Å². The van der Waals surface area contributed by atoms with E-state index in [4.69, 9.17) is 4.74 Å². The normalized spacial score (nSPS) is 24.5. The molecular formula is C14H18N2O. The van der Waals surface area contributed by atoms with Crippen molar-refractivity contribution < 1.29 is 4.74 Å². The molecule has 1 fully saturated rings. The van der Waals surface area contributed by atoms with Crippen LogP contribution in [0, 0.1) is 18.3 Å². The molecule has 1 aliphatic rings. The molecule has 1 aliphatic heterocycles. The summed E-state index contributed by atoms with van der Waals surface area (Å²) in [6.45, 7) is 7.91. The summed E-state index contributed by atoms with van der Waals surface area (Å²) in [5.74, 6) is 0. The minimum absolute atomic E-state index is 0.213. The molecule has 0 N–H and O–H groups in total. The largest absolute Gasteiger partial charge is 0.372 e. The molecule has 0 radical (unpaired) electrons. The van der Waals surface area contributed by atoms with E-state index >= 15 is 0 Å². The van der Waals surface area contributed by atoms with E-state index in [2.05, 4.69) is 37.8 Å². The number of ether oxygens (including phenoxy) is 1. The van der Waals surface area contributed by atoms with Crippen molar-refractivity contribution in [2.75, 3.05) is 18.0 Å². The van der Waals surface area contributed by atoms with Crippen LogP contribution in [0.15, 0.2) is 18.2 Å². The maximum Gasteiger partial charge on any atom is 0.101 e. The molecule has 0 spiro atoms. The van der Waals surface area contributed by atoms with Crippen molar-refractivity contribution in [3.63, 3.8) is 0 Å². The minimum Gasteiger partial charge on any atom is -0.372 e. The third-order valence-electron chi connectivity index (χ3n) is 3.09. The van der Waals surface area contributed by atoms with E-state index in [0.717, 1.165) is 29.9 Å². The van der Waals surface area contributed by atoms with Crippen LogP contribution in [-0.4, -0.2) is 25.3 Å². The fourth-order valence-electron chi connectivity index (χ4n) is 2.53. The number of para-hydroxylation sites is 1. The van der Waals surface area contributed by atoms with Crippen LogP contribution in [0.5, 0.6) is 0 Å². The second-order valence-electron chi connectivity index (χ2n) is 4.75. The number of hydrogen-bond acceptors (Lipinski definition) is 3. The smallest absolute Gasteiger partial charge is 0.101 e. The molecule has 1 saturated heterocycles.